The summed E-state index contributed by atoms with van der Waals surface area (Å²) in [6, 6.07) is 12.5. The van der Waals surface area contributed by atoms with Crippen LogP contribution in [-0.2, 0) is 9.22 Å². The second-order valence-corrected chi connectivity index (χ2v) is 8.93. The van der Waals surface area contributed by atoms with E-state index in [1.807, 2.05) is 6.07 Å². The summed E-state index contributed by atoms with van der Waals surface area (Å²) in [5, 5.41) is 1.27. The minimum absolute atomic E-state index is 0.122. The largest absolute Gasteiger partial charge is 0.515 e. The van der Waals surface area contributed by atoms with Gasteiger partial charge >= 0.3 is 0 Å². The molecule has 0 spiro atoms. The summed E-state index contributed by atoms with van der Waals surface area (Å²) >= 11 is 0. The molecule has 3 heteroatoms. The van der Waals surface area contributed by atoms with Crippen molar-refractivity contribution in [3.05, 3.63) is 30.3 Å². The van der Waals surface area contributed by atoms with Gasteiger partial charge in [-0.2, -0.15) is 0 Å². The molecule has 1 aromatic carbocycles. The van der Waals surface area contributed by atoms with Crippen molar-refractivity contribution in [3.8, 4) is 0 Å². The van der Waals surface area contributed by atoms with Crippen LogP contribution in [0.1, 0.15) is 46.5 Å². The summed E-state index contributed by atoms with van der Waals surface area (Å²) in [6.07, 6.45) is 4.57. The van der Waals surface area contributed by atoms with Crippen LogP contribution < -0.4 is 5.19 Å². The monoisotopic (exact) mass is 278 g/mol. The van der Waals surface area contributed by atoms with Crippen molar-refractivity contribution in [2.24, 2.45) is 0 Å². The molecule has 19 heavy (non-hydrogen) atoms. The van der Waals surface area contributed by atoms with E-state index in [4.69, 9.17) is 4.43 Å². The third kappa shape index (κ3) is 4.82. The molecule has 0 aliphatic heterocycles. The van der Waals surface area contributed by atoms with Crippen molar-refractivity contribution in [2.75, 3.05) is 0 Å². The van der Waals surface area contributed by atoms with Crippen LogP contribution in [0.25, 0.3) is 0 Å². The Morgan fingerprint density at radius 1 is 1.05 bits per heavy atom. The fraction of sp³-hybridized carbons (Fsp3) is 0.562. The number of benzene rings is 1. The second-order valence-electron chi connectivity index (χ2n) is 5.16. The number of rotatable bonds is 8. The molecule has 0 aliphatic rings. The zero-order valence-electron chi connectivity index (χ0n) is 12.4. The third-order valence-electron chi connectivity index (χ3n) is 3.51. The van der Waals surface area contributed by atoms with Crippen molar-refractivity contribution < 1.29 is 9.22 Å². The van der Waals surface area contributed by atoms with Gasteiger partial charge in [-0.05, 0) is 17.3 Å². The molecule has 1 aromatic rings. The van der Waals surface area contributed by atoms with E-state index < -0.39 is 8.32 Å². The predicted octanol–water partition coefficient (Wildman–Crippen LogP) is 4.00. The van der Waals surface area contributed by atoms with Gasteiger partial charge in [0.1, 0.15) is 0 Å². The third-order valence-corrected chi connectivity index (χ3v) is 7.89. The summed E-state index contributed by atoms with van der Waals surface area (Å²) in [7, 11) is -2.13. The highest BCUT2D eigenvalue weighted by molar-refractivity contribution is 6.87. The number of carbonyl (C=O) groups is 1. The molecule has 0 heterocycles. The zero-order valence-corrected chi connectivity index (χ0v) is 13.4. The highest BCUT2D eigenvalue weighted by Gasteiger charge is 2.38. The van der Waals surface area contributed by atoms with E-state index in [2.05, 4.69) is 38.1 Å². The summed E-state index contributed by atoms with van der Waals surface area (Å²) in [5.41, 5.74) is 0. The molecule has 1 rings (SSSR count). The number of hydrogen-bond acceptors (Lipinski definition) is 2. The van der Waals surface area contributed by atoms with Crippen LogP contribution in [0.15, 0.2) is 30.3 Å². The number of unbranched alkanes of at least 4 members (excludes halogenated alkanes) is 2. The molecule has 0 N–H and O–H groups in total. The van der Waals surface area contributed by atoms with Gasteiger partial charge in [0.2, 0.25) is 0 Å². The molecule has 0 bridgehead atoms. The summed E-state index contributed by atoms with van der Waals surface area (Å²) < 4.78 is 5.93. The lowest BCUT2D eigenvalue weighted by atomic mass is 10.4. The first-order chi connectivity index (χ1) is 9.14. The smallest absolute Gasteiger partial charge is 0.289 e. The SMILES string of the molecule is CCCC[Si](CCCC)(OC(C)=O)c1ccccc1. The van der Waals surface area contributed by atoms with Gasteiger partial charge in [-0.25, -0.2) is 0 Å². The molecule has 0 saturated carbocycles. The van der Waals surface area contributed by atoms with E-state index in [0.29, 0.717) is 0 Å². The first-order valence-corrected chi connectivity index (χ1v) is 9.72. The van der Waals surface area contributed by atoms with Crippen LogP contribution in [0.2, 0.25) is 12.1 Å². The minimum atomic E-state index is -2.13. The molecule has 106 valence electrons. The molecular formula is C16H26O2Si. The molecule has 0 aliphatic carbocycles. The van der Waals surface area contributed by atoms with Crippen molar-refractivity contribution >= 4 is 19.5 Å². The zero-order chi connectivity index (χ0) is 14.1. The quantitative estimate of drug-likeness (QED) is 0.672. The van der Waals surface area contributed by atoms with Crippen LogP contribution in [0, 0.1) is 0 Å². The molecular weight excluding hydrogens is 252 g/mol. The Bertz CT molecular complexity index is 368. The average Bonchev–Trinajstić information content (AvgIpc) is 2.42. The molecule has 0 unspecified atom stereocenters. The van der Waals surface area contributed by atoms with Crippen molar-refractivity contribution in [1.29, 1.82) is 0 Å². The highest BCUT2D eigenvalue weighted by atomic mass is 28.4. The molecule has 0 saturated heterocycles. The maximum Gasteiger partial charge on any atom is 0.289 e. The summed E-state index contributed by atoms with van der Waals surface area (Å²) in [4.78, 5) is 11.6. The van der Waals surface area contributed by atoms with Gasteiger partial charge in [-0.15, -0.1) is 0 Å². The summed E-state index contributed by atoms with van der Waals surface area (Å²) in [6.45, 7) is 5.93. The normalized spacial score (nSPS) is 11.3. The lowest BCUT2D eigenvalue weighted by Gasteiger charge is -2.31. The number of carbonyl (C=O) groups excluding carboxylic acids is 1. The van der Waals surface area contributed by atoms with Crippen molar-refractivity contribution in [2.45, 2.75) is 58.5 Å². The lowest BCUT2D eigenvalue weighted by Crippen LogP contribution is -2.51. The van der Waals surface area contributed by atoms with Crippen LogP contribution in [0.3, 0.4) is 0 Å². The standard InChI is InChI=1S/C16H26O2Si/c1-4-6-13-19(14-7-5-2,18-15(3)17)16-11-9-8-10-12-16/h8-12H,4-7,13-14H2,1-3H3. The molecule has 0 fully saturated rings. The van der Waals surface area contributed by atoms with E-state index >= 15 is 0 Å². The highest BCUT2D eigenvalue weighted by Crippen LogP contribution is 2.23. The average molecular weight is 278 g/mol. The maximum absolute atomic E-state index is 11.6. The molecule has 0 amide bonds. The first-order valence-electron chi connectivity index (χ1n) is 7.39. The minimum Gasteiger partial charge on any atom is -0.515 e. The van der Waals surface area contributed by atoms with Crippen LogP contribution >= 0.6 is 0 Å². The van der Waals surface area contributed by atoms with Crippen molar-refractivity contribution in [1.82, 2.24) is 0 Å². The van der Waals surface area contributed by atoms with E-state index in [9.17, 15) is 4.79 Å². The van der Waals surface area contributed by atoms with Gasteiger partial charge < -0.3 is 4.43 Å². The van der Waals surface area contributed by atoms with Gasteiger partial charge in [-0.3, -0.25) is 4.79 Å². The van der Waals surface area contributed by atoms with Crippen LogP contribution in [0.5, 0.6) is 0 Å². The molecule has 2 nitrogen and oxygen atoms in total. The van der Waals surface area contributed by atoms with Gasteiger partial charge in [0, 0.05) is 6.92 Å². The first kappa shape index (κ1) is 16.0. The topological polar surface area (TPSA) is 26.3 Å². The predicted molar refractivity (Wildman–Crippen MR) is 83.0 cm³/mol. The van der Waals surface area contributed by atoms with E-state index in [1.165, 1.54) is 5.19 Å². The Kier molecular flexibility index (Phi) is 6.85. The Hall–Kier alpha value is -1.09. The summed E-state index contributed by atoms with van der Waals surface area (Å²) in [5.74, 6) is -0.122. The lowest BCUT2D eigenvalue weighted by molar-refractivity contribution is -0.132. The molecule has 0 atom stereocenters. The van der Waals surface area contributed by atoms with Gasteiger partial charge in [-0.1, -0.05) is 69.9 Å². The fourth-order valence-electron chi connectivity index (χ4n) is 2.52. The van der Waals surface area contributed by atoms with E-state index in [1.54, 1.807) is 6.92 Å². The Labute approximate surface area is 118 Å². The fourth-order valence-corrected chi connectivity index (χ4v) is 6.87. The number of hydrogen-bond donors (Lipinski definition) is 0. The molecule has 0 aromatic heterocycles. The van der Waals surface area contributed by atoms with Gasteiger partial charge in [0.15, 0.2) is 0 Å². The second kappa shape index (κ2) is 8.15. The van der Waals surface area contributed by atoms with E-state index in [0.717, 1.165) is 37.8 Å². The van der Waals surface area contributed by atoms with Gasteiger partial charge in [0.25, 0.3) is 14.3 Å². The Balaban J connectivity index is 3.04. The van der Waals surface area contributed by atoms with Crippen LogP contribution in [0.4, 0.5) is 0 Å². The Morgan fingerprint density at radius 3 is 2.00 bits per heavy atom. The maximum atomic E-state index is 11.6. The van der Waals surface area contributed by atoms with Crippen molar-refractivity contribution in [3.63, 3.8) is 0 Å². The van der Waals surface area contributed by atoms with E-state index in [-0.39, 0.29) is 5.97 Å². The molecule has 0 radical (unpaired) electrons. The Morgan fingerprint density at radius 2 is 1.58 bits per heavy atom. The van der Waals surface area contributed by atoms with Crippen LogP contribution in [-0.4, -0.2) is 14.3 Å². The van der Waals surface area contributed by atoms with Gasteiger partial charge in [0.05, 0.1) is 0 Å².